The van der Waals surface area contributed by atoms with Gasteiger partial charge in [-0.15, -0.1) is 6.42 Å². The average Bonchev–Trinajstić information content (AvgIpc) is 3.11. The van der Waals surface area contributed by atoms with Crippen LogP contribution in [0.3, 0.4) is 0 Å². The second kappa shape index (κ2) is 12.9. The number of nitrogens with zero attached hydrogens (tertiary/aromatic N) is 1. The van der Waals surface area contributed by atoms with Gasteiger partial charge < -0.3 is 30.3 Å². The van der Waals surface area contributed by atoms with Gasteiger partial charge in [0.25, 0.3) is 0 Å². The molecule has 0 saturated carbocycles. The summed E-state index contributed by atoms with van der Waals surface area (Å²) >= 11 is 0. The number of aliphatic hydroxyl groups is 2. The molecule has 2 saturated heterocycles. The summed E-state index contributed by atoms with van der Waals surface area (Å²) in [6.45, 7) is 1.10. The fraction of sp³-hybridized carbons (Fsp3) is 0.414. The summed E-state index contributed by atoms with van der Waals surface area (Å²) in [4.78, 5) is 33.0. The van der Waals surface area contributed by atoms with Gasteiger partial charge in [0.2, 0.25) is 0 Å². The maximum Gasteiger partial charge on any atom is 0.336 e. The van der Waals surface area contributed by atoms with Gasteiger partial charge in [0.1, 0.15) is 18.2 Å². The number of carbonyl (C=O) groups is 3. The van der Waals surface area contributed by atoms with Crippen LogP contribution in [0.2, 0.25) is 0 Å². The van der Waals surface area contributed by atoms with Gasteiger partial charge in [0.05, 0.1) is 18.4 Å². The van der Waals surface area contributed by atoms with Gasteiger partial charge in [-0.25, -0.2) is 9.18 Å². The van der Waals surface area contributed by atoms with Crippen molar-refractivity contribution in [3.8, 4) is 18.1 Å². The maximum absolute atomic E-state index is 13.2. The molecule has 10 nitrogen and oxygen atoms in total. The molecule has 2 unspecified atom stereocenters. The normalized spacial score (nSPS) is 21.9. The van der Waals surface area contributed by atoms with E-state index in [1.165, 1.54) is 17.7 Å². The highest BCUT2D eigenvalue weighted by Gasteiger charge is 2.48. The Morgan fingerprint density at radius 1 is 1.02 bits per heavy atom. The Hall–Kier alpha value is -3.98. The Bertz CT molecular complexity index is 1230. The van der Waals surface area contributed by atoms with Crippen LogP contribution in [-0.4, -0.2) is 72.6 Å². The molecule has 2 aliphatic rings. The third-order valence-electron chi connectivity index (χ3n) is 7.17. The summed E-state index contributed by atoms with van der Waals surface area (Å²) < 4.78 is 18.8. The van der Waals surface area contributed by atoms with E-state index in [9.17, 15) is 23.9 Å². The van der Waals surface area contributed by atoms with Gasteiger partial charge >= 0.3 is 17.9 Å². The average molecular weight is 558 g/mol. The summed E-state index contributed by atoms with van der Waals surface area (Å²) in [5, 5.41) is 45.1. The van der Waals surface area contributed by atoms with Crippen molar-refractivity contribution in [2.45, 2.75) is 68.4 Å². The highest BCUT2D eigenvalue weighted by molar-refractivity contribution is 5.88. The molecule has 4 rings (SSSR count). The van der Waals surface area contributed by atoms with E-state index in [2.05, 4.69) is 16.9 Å². The molecule has 11 heteroatoms. The van der Waals surface area contributed by atoms with Crippen molar-refractivity contribution in [2.24, 2.45) is 0 Å². The largest absolute Gasteiger partial charge is 0.481 e. The van der Waals surface area contributed by atoms with E-state index in [1.807, 2.05) is 18.2 Å². The van der Waals surface area contributed by atoms with Crippen LogP contribution in [0, 0.1) is 18.2 Å². The number of ether oxygens (including phenoxy) is 1. The predicted octanol–water partition coefficient (Wildman–Crippen LogP) is 2.60. The Balaban J connectivity index is 0.000000289. The van der Waals surface area contributed by atoms with Crippen molar-refractivity contribution < 1.29 is 49.0 Å². The Labute approximate surface area is 230 Å². The van der Waals surface area contributed by atoms with Crippen molar-refractivity contribution >= 4 is 17.9 Å². The Morgan fingerprint density at radius 3 is 2.10 bits per heavy atom. The van der Waals surface area contributed by atoms with E-state index >= 15 is 0 Å². The standard InChI is InChI=1S/C23H24FNO2.C6H8O7/c1-2-12-27-22-5-3-4-17(13-22)16-25-20-10-11-21(25)15-23(26,14-20)18-6-8-19(24)9-7-18;7-3(8)1-6(13,5(11)12)2-4(9)10/h1,3-9,13,20-21,26H,10-12,14-16H2;13H,1-2H2,(H,7,8)(H,9,10)(H,11,12). The molecule has 0 amide bonds. The number of halogens is 1. The molecule has 2 atom stereocenters. The summed E-state index contributed by atoms with van der Waals surface area (Å²) in [6.07, 6.45) is 6.51. The predicted molar refractivity (Wildman–Crippen MR) is 140 cm³/mol. The summed E-state index contributed by atoms with van der Waals surface area (Å²) in [6, 6.07) is 15.0. The quantitative estimate of drug-likeness (QED) is 0.274. The Kier molecular flexibility index (Phi) is 9.87. The van der Waals surface area contributed by atoms with Crippen LogP contribution in [0.5, 0.6) is 5.75 Å². The molecule has 214 valence electrons. The van der Waals surface area contributed by atoms with Crippen LogP contribution < -0.4 is 4.74 Å². The van der Waals surface area contributed by atoms with Crippen molar-refractivity contribution in [3.63, 3.8) is 0 Å². The molecular formula is C29H32FNO9. The lowest BCUT2D eigenvalue weighted by atomic mass is 9.80. The number of carboxylic acid groups (broad SMARTS) is 3. The molecule has 2 aromatic rings. The fourth-order valence-corrected chi connectivity index (χ4v) is 5.35. The first-order valence-electron chi connectivity index (χ1n) is 12.6. The number of piperidine rings is 1. The van der Waals surface area contributed by atoms with E-state index in [1.54, 1.807) is 12.1 Å². The summed E-state index contributed by atoms with van der Waals surface area (Å²) in [5.41, 5.74) is -1.59. The number of carboxylic acids is 3. The van der Waals surface area contributed by atoms with Gasteiger partial charge in [-0.3, -0.25) is 14.5 Å². The van der Waals surface area contributed by atoms with Crippen molar-refractivity contribution in [2.75, 3.05) is 6.61 Å². The maximum atomic E-state index is 13.2. The van der Waals surface area contributed by atoms with E-state index in [0.717, 1.165) is 30.7 Å². The number of fused-ring (bicyclic) bond motifs is 2. The number of hydrogen-bond acceptors (Lipinski definition) is 7. The molecule has 2 aliphatic heterocycles. The zero-order valence-electron chi connectivity index (χ0n) is 21.7. The number of rotatable bonds is 10. The van der Waals surface area contributed by atoms with Crippen LogP contribution in [0.4, 0.5) is 4.39 Å². The minimum atomic E-state index is -2.74. The third-order valence-corrected chi connectivity index (χ3v) is 7.17. The van der Waals surface area contributed by atoms with Crippen molar-refractivity contribution in [3.05, 3.63) is 65.5 Å². The van der Waals surface area contributed by atoms with Crippen LogP contribution in [0.1, 0.15) is 49.7 Å². The molecule has 2 heterocycles. The van der Waals surface area contributed by atoms with E-state index in [-0.39, 0.29) is 12.4 Å². The Morgan fingerprint density at radius 2 is 1.60 bits per heavy atom. The van der Waals surface area contributed by atoms with Gasteiger partial charge in [-0.05, 0) is 61.1 Å². The van der Waals surface area contributed by atoms with Crippen molar-refractivity contribution in [1.82, 2.24) is 4.90 Å². The monoisotopic (exact) mass is 557 g/mol. The molecule has 0 radical (unpaired) electrons. The topological polar surface area (TPSA) is 165 Å². The first-order valence-corrected chi connectivity index (χ1v) is 12.6. The summed E-state index contributed by atoms with van der Waals surface area (Å²) in [7, 11) is 0. The fourth-order valence-electron chi connectivity index (χ4n) is 5.35. The van der Waals surface area contributed by atoms with E-state index in [0.29, 0.717) is 24.9 Å². The molecule has 0 aliphatic carbocycles. The lowest BCUT2D eigenvalue weighted by molar-refractivity contribution is -0.170. The van der Waals surface area contributed by atoms with Gasteiger partial charge in [-0.2, -0.15) is 0 Å². The lowest BCUT2D eigenvalue weighted by Crippen LogP contribution is -2.49. The number of hydrogen-bond donors (Lipinski definition) is 5. The van der Waals surface area contributed by atoms with Crippen molar-refractivity contribution in [1.29, 1.82) is 0 Å². The molecule has 2 aromatic carbocycles. The minimum absolute atomic E-state index is 0.267. The lowest BCUT2D eigenvalue weighted by Gasteiger charge is -2.44. The van der Waals surface area contributed by atoms with E-state index < -0.39 is 42.0 Å². The molecular weight excluding hydrogens is 525 g/mol. The minimum Gasteiger partial charge on any atom is -0.481 e. The molecule has 2 fully saturated rings. The molecule has 5 N–H and O–H groups in total. The number of aliphatic carboxylic acids is 3. The zero-order chi connectivity index (χ0) is 29.5. The SMILES string of the molecule is C#CCOc1cccc(CN2C3CCC2CC(O)(c2ccc(F)cc2)C3)c1.O=C(O)CC(O)(CC(=O)O)C(=O)O. The number of benzene rings is 2. The summed E-state index contributed by atoms with van der Waals surface area (Å²) in [5.74, 6) is -2.01. The second-order valence-electron chi connectivity index (χ2n) is 10.1. The van der Waals surface area contributed by atoms with Crippen LogP contribution in [0.15, 0.2) is 48.5 Å². The first kappa shape index (κ1) is 30.6. The molecule has 0 spiro atoms. The van der Waals surface area contributed by atoms with E-state index in [4.69, 9.17) is 31.6 Å². The molecule has 0 aromatic heterocycles. The van der Waals surface area contributed by atoms with Gasteiger partial charge in [0, 0.05) is 18.6 Å². The van der Waals surface area contributed by atoms with Gasteiger partial charge in [-0.1, -0.05) is 30.2 Å². The highest BCUT2D eigenvalue weighted by Crippen LogP contribution is 2.46. The first-order chi connectivity index (χ1) is 18.8. The zero-order valence-corrected chi connectivity index (χ0v) is 21.7. The number of terminal acetylenes is 1. The highest BCUT2D eigenvalue weighted by atomic mass is 19.1. The van der Waals surface area contributed by atoms with Crippen LogP contribution in [0.25, 0.3) is 0 Å². The van der Waals surface area contributed by atoms with Gasteiger partial charge in [0.15, 0.2) is 5.60 Å². The second-order valence-corrected chi connectivity index (χ2v) is 10.1. The molecule has 2 bridgehead atoms. The molecule has 40 heavy (non-hydrogen) atoms. The van der Waals surface area contributed by atoms with Crippen LogP contribution >= 0.6 is 0 Å². The third kappa shape index (κ3) is 7.79. The smallest absolute Gasteiger partial charge is 0.336 e. The van der Waals surface area contributed by atoms with Crippen LogP contribution in [-0.2, 0) is 26.5 Å².